The molecule has 0 aliphatic carbocycles. The van der Waals surface area contributed by atoms with Crippen LogP contribution < -0.4 is 10.6 Å². The number of aliphatic hydroxyl groups excluding tert-OH is 1. The van der Waals surface area contributed by atoms with Gasteiger partial charge in [0.25, 0.3) is 0 Å². The zero-order chi connectivity index (χ0) is 19.7. The monoisotopic (exact) mass is 421 g/mol. The van der Waals surface area contributed by atoms with Crippen molar-refractivity contribution in [2.24, 2.45) is 5.41 Å². The molecule has 3 N–H and O–H groups in total. The highest BCUT2D eigenvalue weighted by atomic mass is 35.5. The van der Waals surface area contributed by atoms with Gasteiger partial charge in [0.2, 0.25) is 0 Å². The summed E-state index contributed by atoms with van der Waals surface area (Å²) in [5.74, 6) is 1.04. The normalized spacial score (nSPS) is 21.4. The summed E-state index contributed by atoms with van der Waals surface area (Å²) in [5, 5.41) is 10.9. The van der Waals surface area contributed by atoms with Crippen molar-refractivity contribution in [3.8, 4) is 0 Å². The average molecular weight is 422 g/mol. The van der Waals surface area contributed by atoms with E-state index in [2.05, 4.69) is 26.8 Å². The Morgan fingerprint density at radius 3 is 2.86 bits per heavy atom. The lowest BCUT2D eigenvalue weighted by Crippen LogP contribution is -2.41. The summed E-state index contributed by atoms with van der Waals surface area (Å²) >= 11 is 7.57. The van der Waals surface area contributed by atoms with Crippen LogP contribution in [0, 0.1) is 5.41 Å². The Morgan fingerprint density at radius 1 is 1.39 bits per heavy atom. The number of nitrogens with zero attached hydrogens (tertiary/aromatic N) is 4. The fourth-order valence-electron chi connectivity index (χ4n) is 4.04. The van der Waals surface area contributed by atoms with E-state index in [1.807, 2.05) is 0 Å². The Labute approximate surface area is 173 Å². The van der Waals surface area contributed by atoms with Crippen molar-refractivity contribution in [1.82, 2.24) is 15.0 Å². The molecule has 4 rings (SSSR count). The molecule has 2 aliphatic rings. The number of nitrogens with two attached hydrogens (primary N) is 1. The minimum absolute atomic E-state index is 0.162. The van der Waals surface area contributed by atoms with Gasteiger partial charge < -0.3 is 20.5 Å². The van der Waals surface area contributed by atoms with Gasteiger partial charge in [0.05, 0.1) is 30.5 Å². The van der Waals surface area contributed by atoms with Gasteiger partial charge in [-0.25, -0.2) is 15.0 Å². The van der Waals surface area contributed by atoms with Gasteiger partial charge >= 0.3 is 0 Å². The lowest BCUT2D eigenvalue weighted by Gasteiger charge is -2.39. The van der Waals surface area contributed by atoms with Crippen molar-refractivity contribution in [3.63, 3.8) is 0 Å². The minimum Gasteiger partial charge on any atom is -0.390 e. The standard InChI is InChI=1S/C19H24ClN5O2S/c1-12-8-19(11-27-12)3-6-25(7-4-19)18-13(10-26)24-15(9-23-18)28-14-2-5-22-17(21)16(14)20/h2,5,9,12,26H,3-4,6-8,10-11H2,1H3,(H2,21,22)/t12-/m0/s1. The van der Waals surface area contributed by atoms with E-state index >= 15 is 0 Å². The predicted octanol–water partition coefficient (Wildman–Crippen LogP) is 3.15. The summed E-state index contributed by atoms with van der Waals surface area (Å²) in [6, 6.07) is 1.78. The van der Waals surface area contributed by atoms with Gasteiger partial charge in [-0.15, -0.1) is 0 Å². The maximum absolute atomic E-state index is 9.86. The first kappa shape index (κ1) is 19.7. The molecule has 2 aromatic heterocycles. The minimum atomic E-state index is -0.162. The molecule has 2 saturated heterocycles. The number of piperidine rings is 1. The molecule has 28 heavy (non-hydrogen) atoms. The number of hydrogen-bond acceptors (Lipinski definition) is 8. The molecule has 4 heterocycles. The summed E-state index contributed by atoms with van der Waals surface area (Å²) in [6.45, 7) is 4.64. The first-order chi connectivity index (χ1) is 13.5. The van der Waals surface area contributed by atoms with Crippen molar-refractivity contribution in [3.05, 3.63) is 29.2 Å². The highest BCUT2D eigenvalue weighted by Gasteiger charge is 2.41. The molecule has 0 amide bonds. The fourth-order valence-corrected chi connectivity index (χ4v) is 5.08. The van der Waals surface area contributed by atoms with E-state index in [-0.39, 0.29) is 12.4 Å². The molecule has 0 bridgehead atoms. The largest absolute Gasteiger partial charge is 0.390 e. The second-order valence-corrected chi connectivity index (χ2v) is 9.00. The van der Waals surface area contributed by atoms with Crippen LogP contribution >= 0.6 is 23.4 Å². The number of halogens is 1. The second kappa shape index (κ2) is 8.02. The first-order valence-corrected chi connectivity index (χ1v) is 10.6. The first-order valence-electron chi connectivity index (χ1n) is 9.41. The van der Waals surface area contributed by atoms with E-state index in [1.165, 1.54) is 11.8 Å². The third-order valence-corrected chi connectivity index (χ3v) is 7.04. The number of nitrogen functional groups attached to an aromatic ring is 1. The van der Waals surface area contributed by atoms with Crippen molar-refractivity contribution in [2.45, 2.75) is 48.8 Å². The molecule has 150 valence electrons. The van der Waals surface area contributed by atoms with Crippen molar-refractivity contribution >= 4 is 35.0 Å². The average Bonchev–Trinajstić information content (AvgIpc) is 3.06. The Morgan fingerprint density at radius 2 is 2.18 bits per heavy atom. The quantitative estimate of drug-likeness (QED) is 0.776. The summed E-state index contributed by atoms with van der Waals surface area (Å²) < 4.78 is 5.81. The van der Waals surface area contributed by atoms with Crippen LogP contribution in [0.25, 0.3) is 0 Å². The number of aromatic nitrogens is 3. The van der Waals surface area contributed by atoms with E-state index in [1.54, 1.807) is 18.5 Å². The van der Waals surface area contributed by atoms with E-state index in [0.29, 0.717) is 27.3 Å². The smallest absolute Gasteiger partial charge is 0.152 e. The zero-order valence-corrected chi connectivity index (χ0v) is 17.3. The number of anilines is 2. The predicted molar refractivity (Wildman–Crippen MR) is 110 cm³/mol. The van der Waals surface area contributed by atoms with Gasteiger partial charge in [0.1, 0.15) is 16.5 Å². The van der Waals surface area contributed by atoms with Gasteiger partial charge in [0.15, 0.2) is 5.82 Å². The van der Waals surface area contributed by atoms with E-state index in [4.69, 9.17) is 22.1 Å². The van der Waals surface area contributed by atoms with Gasteiger partial charge in [-0.1, -0.05) is 23.4 Å². The van der Waals surface area contributed by atoms with Crippen LogP contribution in [0.5, 0.6) is 0 Å². The summed E-state index contributed by atoms with van der Waals surface area (Å²) in [7, 11) is 0. The third kappa shape index (κ3) is 3.91. The molecule has 2 aromatic rings. The Kier molecular flexibility index (Phi) is 5.64. The van der Waals surface area contributed by atoms with Crippen LogP contribution in [0.1, 0.15) is 31.9 Å². The van der Waals surface area contributed by atoms with Crippen molar-refractivity contribution < 1.29 is 9.84 Å². The molecule has 0 saturated carbocycles. The molecule has 9 heteroatoms. The summed E-state index contributed by atoms with van der Waals surface area (Å²) in [6.07, 6.45) is 6.96. The molecular formula is C19H24ClN5O2S. The topological polar surface area (TPSA) is 97.4 Å². The maximum atomic E-state index is 9.86. The van der Waals surface area contributed by atoms with Gasteiger partial charge in [0, 0.05) is 24.2 Å². The second-order valence-electron chi connectivity index (χ2n) is 7.56. The maximum Gasteiger partial charge on any atom is 0.152 e. The van der Waals surface area contributed by atoms with Crippen molar-refractivity contribution in [1.29, 1.82) is 0 Å². The Bertz CT molecular complexity index is 860. The molecule has 1 atom stereocenters. The molecular weight excluding hydrogens is 398 g/mol. The van der Waals surface area contributed by atoms with Crippen molar-refractivity contribution in [2.75, 3.05) is 30.3 Å². The molecule has 2 fully saturated rings. The fraction of sp³-hybridized carbons (Fsp3) is 0.526. The zero-order valence-electron chi connectivity index (χ0n) is 15.8. The number of rotatable bonds is 4. The molecule has 7 nitrogen and oxygen atoms in total. The van der Waals surface area contributed by atoms with Crippen LogP contribution in [0.3, 0.4) is 0 Å². The summed E-state index contributed by atoms with van der Waals surface area (Å²) in [5.41, 5.74) is 6.64. The molecule has 2 aliphatic heterocycles. The van der Waals surface area contributed by atoms with Crippen LogP contribution in [0.15, 0.2) is 28.4 Å². The molecule has 0 radical (unpaired) electrons. The highest BCUT2D eigenvalue weighted by molar-refractivity contribution is 7.99. The van der Waals surface area contributed by atoms with Crippen LogP contribution in [-0.4, -0.2) is 45.9 Å². The van der Waals surface area contributed by atoms with E-state index in [0.717, 1.165) is 49.7 Å². The number of aliphatic hydroxyl groups is 1. The van der Waals surface area contributed by atoms with Crippen LogP contribution in [-0.2, 0) is 11.3 Å². The van der Waals surface area contributed by atoms with Gasteiger partial charge in [-0.2, -0.15) is 0 Å². The van der Waals surface area contributed by atoms with Gasteiger partial charge in [-0.05, 0) is 37.7 Å². The highest BCUT2D eigenvalue weighted by Crippen LogP contribution is 2.43. The molecule has 0 unspecified atom stereocenters. The van der Waals surface area contributed by atoms with Crippen LogP contribution in [0.2, 0.25) is 5.02 Å². The Hall–Kier alpha value is -1.61. The molecule has 0 aromatic carbocycles. The van der Waals surface area contributed by atoms with E-state index < -0.39 is 0 Å². The van der Waals surface area contributed by atoms with Gasteiger partial charge in [-0.3, -0.25) is 0 Å². The third-order valence-electron chi connectivity index (χ3n) is 5.56. The van der Waals surface area contributed by atoms with Crippen LogP contribution in [0.4, 0.5) is 11.6 Å². The number of pyridine rings is 1. The number of hydrogen-bond donors (Lipinski definition) is 2. The van der Waals surface area contributed by atoms with E-state index in [9.17, 15) is 5.11 Å². The Balaban J connectivity index is 1.49. The lowest BCUT2D eigenvalue weighted by atomic mass is 9.77. The molecule has 1 spiro atoms. The SMILES string of the molecule is C[C@H]1CC2(CCN(c3ncc(Sc4ccnc(N)c4Cl)nc3CO)CC2)CO1. The summed E-state index contributed by atoms with van der Waals surface area (Å²) in [4.78, 5) is 16.2. The number of ether oxygens (including phenoxy) is 1. The lowest BCUT2D eigenvalue weighted by molar-refractivity contribution is 0.0975.